The Morgan fingerprint density at radius 1 is 1.00 bits per heavy atom. The second kappa shape index (κ2) is 4.48. The van der Waals surface area contributed by atoms with Gasteiger partial charge >= 0.3 is 0 Å². The number of halogens is 1. The van der Waals surface area contributed by atoms with Crippen molar-refractivity contribution in [1.29, 1.82) is 0 Å². The first-order valence-corrected chi connectivity index (χ1v) is 5.46. The Labute approximate surface area is 95.7 Å². The van der Waals surface area contributed by atoms with Crippen LogP contribution in [0.3, 0.4) is 0 Å². The predicted octanol–water partition coefficient (Wildman–Crippen LogP) is 4.03. The van der Waals surface area contributed by atoms with E-state index in [0.717, 1.165) is 12.0 Å². The summed E-state index contributed by atoms with van der Waals surface area (Å²) in [5.74, 6) is -0.164. The van der Waals surface area contributed by atoms with Crippen molar-refractivity contribution in [2.24, 2.45) is 0 Å². The van der Waals surface area contributed by atoms with E-state index in [1.165, 1.54) is 22.8 Å². The second-order valence-corrected chi connectivity index (χ2v) is 4.24. The van der Waals surface area contributed by atoms with Gasteiger partial charge in [0.25, 0.3) is 0 Å². The lowest BCUT2D eigenvalue weighted by atomic mass is 9.99. The zero-order valence-corrected chi connectivity index (χ0v) is 9.63. The van der Waals surface area contributed by atoms with Crippen LogP contribution in [0, 0.1) is 19.7 Å². The first kappa shape index (κ1) is 10.9. The van der Waals surface area contributed by atoms with Crippen molar-refractivity contribution in [2.45, 2.75) is 20.3 Å². The number of benzene rings is 2. The molecule has 0 saturated heterocycles. The molecule has 0 aromatic heterocycles. The first-order valence-electron chi connectivity index (χ1n) is 5.46. The van der Waals surface area contributed by atoms with Gasteiger partial charge in [0.2, 0.25) is 0 Å². The van der Waals surface area contributed by atoms with Crippen molar-refractivity contribution in [3.8, 4) is 0 Å². The zero-order chi connectivity index (χ0) is 11.5. The summed E-state index contributed by atoms with van der Waals surface area (Å²) in [5.41, 5.74) is 4.80. The van der Waals surface area contributed by atoms with Gasteiger partial charge in [-0.1, -0.05) is 35.9 Å². The second-order valence-electron chi connectivity index (χ2n) is 4.24. The third-order valence-electron chi connectivity index (χ3n) is 2.79. The summed E-state index contributed by atoms with van der Waals surface area (Å²) in [5, 5.41) is 0. The Balaban J connectivity index is 2.30. The monoisotopic (exact) mass is 214 g/mol. The quantitative estimate of drug-likeness (QED) is 0.708. The molecule has 0 aliphatic rings. The molecule has 0 heterocycles. The van der Waals surface area contributed by atoms with Crippen LogP contribution in [0.5, 0.6) is 0 Å². The molecule has 2 aromatic carbocycles. The third kappa shape index (κ3) is 2.48. The summed E-state index contributed by atoms with van der Waals surface area (Å²) >= 11 is 0. The van der Waals surface area contributed by atoms with E-state index in [4.69, 9.17) is 0 Å². The smallest absolute Gasteiger partial charge is 0.123 e. The molecule has 0 unspecified atom stereocenters. The fraction of sp³-hybridized carbons (Fsp3) is 0.200. The Kier molecular flexibility index (Phi) is 3.04. The van der Waals surface area contributed by atoms with Crippen molar-refractivity contribution in [3.63, 3.8) is 0 Å². The minimum absolute atomic E-state index is 0.164. The summed E-state index contributed by atoms with van der Waals surface area (Å²) in [6.07, 6.45) is 0.797. The van der Waals surface area contributed by atoms with Gasteiger partial charge < -0.3 is 0 Å². The molecule has 16 heavy (non-hydrogen) atoms. The third-order valence-corrected chi connectivity index (χ3v) is 2.79. The highest BCUT2D eigenvalue weighted by Crippen LogP contribution is 2.16. The predicted molar refractivity (Wildman–Crippen MR) is 65.1 cm³/mol. The molecule has 82 valence electrons. The van der Waals surface area contributed by atoms with Gasteiger partial charge in [-0.25, -0.2) is 4.39 Å². The van der Waals surface area contributed by atoms with Crippen molar-refractivity contribution in [3.05, 3.63) is 70.5 Å². The summed E-state index contributed by atoms with van der Waals surface area (Å²) in [6, 6.07) is 13.2. The summed E-state index contributed by atoms with van der Waals surface area (Å²) in [7, 11) is 0. The van der Waals surface area contributed by atoms with Crippen LogP contribution in [0.1, 0.15) is 22.3 Å². The van der Waals surface area contributed by atoms with Crippen LogP contribution in [0.25, 0.3) is 0 Å². The van der Waals surface area contributed by atoms with Gasteiger partial charge in [0.05, 0.1) is 0 Å². The maximum Gasteiger partial charge on any atom is 0.123 e. The highest BCUT2D eigenvalue weighted by molar-refractivity contribution is 5.35. The van der Waals surface area contributed by atoms with Crippen LogP contribution < -0.4 is 0 Å². The molecule has 0 N–H and O–H groups in total. The van der Waals surface area contributed by atoms with Crippen LogP contribution in [0.2, 0.25) is 0 Å². The molecule has 0 fully saturated rings. The highest BCUT2D eigenvalue weighted by atomic mass is 19.1. The topological polar surface area (TPSA) is 0 Å². The van der Waals surface area contributed by atoms with E-state index in [2.05, 4.69) is 32.0 Å². The first-order chi connectivity index (χ1) is 7.65. The van der Waals surface area contributed by atoms with E-state index in [0.29, 0.717) is 0 Å². The van der Waals surface area contributed by atoms with E-state index in [9.17, 15) is 4.39 Å². The summed E-state index contributed by atoms with van der Waals surface area (Å²) in [4.78, 5) is 0. The Morgan fingerprint density at radius 2 is 1.81 bits per heavy atom. The molecular weight excluding hydrogens is 199 g/mol. The van der Waals surface area contributed by atoms with Crippen molar-refractivity contribution >= 4 is 0 Å². The molecular formula is C15H15F. The van der Waals surface area contributed by atoms with Gasteiger partial charge in [-0.15, -0.1) is 0 Å². The average Bonchev–Trinajstić information content (AvgIpc) is 2.24. The van der Waals surface area contributed by atoms with Gasteiger partial charge in [0.15, 0.2) is 0 Å². The lowest BCUT2D eigenvalue weighted by Crippen LogP contribution is -1.93. The van der Waals surface area contributed by atoms with Gasteiger partial charge in [-0.3, -0.25) is 0 Å². The van der Waals surface area contributed by atoms with Crippen LogP contribution in [-0.4, -0.2) is 0 Å². The molecule has 0 amide bonds. The number of hydrogen-bond acceptors (Lipinski definition) is 0. The molecule has 0 radical (unpaired) electrons. The Morgan fingerprint density at radius 3 is 2.56 bits per heavy atom. The molecule has 2 aromatic rings. The maximum absolute atomic E-state index is 13.0. The number of rotatable bonds is 2. The SMILES string of the molecule is Cc1ccc(C)c(Cc2cccc(F)c2)c1. The molecule has 0 aliphatic carbocycles. The fourth-order valence-electron chi connectivity index (χ4n) is 1.86. The van der Waals surface area contributed by atoms with Gasteiger partial charge in [-0.05, 0) is 49.1 Å². The molecule has 0 nitrogen and oxygen atoms in total. The van der Waals surface area contributed by atoms with Gasteiger partial charge in [0.1, 0.15) is 5.82 Å². The summed E-state index contributed by atoms with van der Waals surface area (Å²) in [6.45, 7) is 4.17. The van der Waals surface area contributed by atoms with E-state index >= 15 is 0 Å². The number of hydrogen-bond donors (Lipinski definition) is 0. The molecule has 0 saturated carbocycles. The lowest BCUT2D eigenvalue weighted by Gasteiger charge is -2.07. The summed E-state index contributed by atoms with van der Waals surface area (Å²) < 4.78 is 13.0. The zero-order valence-electron chi connectivity index (χ0n) is 9.63. The number of aryl methyl sites for hydroxylation is 2. The van der Waals surface area contributed by atoms with E-state index < -0.39 is 0 Å². The van der Waals surface area contributed by atoms with Gasteiger partial charge in [0, 0.05) is 0 Å². The molecule has 0 bridgehead atoms. The largest absolute Gasteiger partial charge is 0.207 e. The molecule has 1 heteroatoms. The normalized spacial score (nSPS) is 10.4. The highest BCUT2D eigenvalue weighted by Gasteiger charge is 2.01. The van der Waals surface area contributed by atoms with Crippen molar-refractivity contribution < 1.29 is 4.39 Å². The van der Waals surface area contributed by atoms with Gasteiger partial charge in [-0.2, -0.15) is 0 Å². The van der Waals surface area contributed by atoms with Crippen molar-refractivity contribution in [2.75, 3.05) is 0 Å². The van der Waals surface area contributed by atoms with Crippen LogP contribution in [0.4, 0.5) is 4.39 Å². The minimum atomic E-state index is -0.164. The molecule has 0 aliphatic heterocycles. The minimum Gasteiger partial charge on any atom is -0.207 e. The molecule has 0 spiro atoms. The average molecular weight is 214 g/mol. The van der Waals surface area contributed by atoms with E-state index in [1.54, 1.807) is 12.1 Å². The maximum atomic E-state index is 13.0. The standard InChI is InChI=1S/C15H15F/c1-11-6-7-12(2)14(8-11)9-13-4-3-5-15(16)10-13/h3-8,10H,9H2,1-2H3. The van der Waals surface area contributed by atoms with E-state index in [-0.39, 0.29) is 5.82 Å². The fourth-order valence-corrected chi connectivity index (χ4v) is 1.86. The molecule has 0 atom stereocenters. The Bertz CT molecular complexity index is 501. The molecule has 2 rings (SSSR count). The van der Waals surface area contributed by atoms with Crippen LogP contribution in [-0.2, 0) is 6.42 Å². The Hall–Kier alpha value is -1.63. The van der Waals surface area contributed by atoms with Crippen molar-refractivity contribution in [1.82, 2.24) is 0 Å². The van der Waals surface area contributed by atoms with E-state index in [1.807, 2.05) is 6.07 Å². The van der Waals surface area contributed by atoms with Crippen LogP contribution >= 0.6 is 0 Å². The lowest BCUT2D eigenvalue weighted by molar-refractivity contribution is 0.626. The van der Waals surface area contributed by atoms with Crippen LogP contribution in [0.15, 0.2) is 42.5 Å².